The maximum atomic E-state index is 12.3. The lowest BCUT2D eigenvalue weighted by Crippen LogP contribution is -2.32. The maximum Gasteiger partial charge on any atom is 0.437 e. The fourth-order valence-corrected chi connectivity index (χ4v) is 2.85. The van der Waals surface area contributed by atoms with Crippen molar-refractivity contribution in [3.05, 3.63) is 63.5 Å². The van der Waals surface area contributed by atoms with Gasteiger partial charge in [0.1, 0.15) is 6.54 Å². The Morgan fingerprint density at radius 1 is 1.29 bits per heavy atom. The minimum absolute atomic E-state index is 0.143. The number of aryl methyl sites for hydroxylation is 1. The summed E-state index contributed by atoms with van der Waals surface area (Å²) in [6, 6.07) is 11.6. The van der Waals surface area contributed by atoms with Gasteiger partial charge in [0, 0.05) is 13.6 Å². The number of nitrogens with zero attached hydrogens (tertiary/aromatic N) is 3. The van der Waals surface area contributed by atoms with Gasteiger partial charge in [-0.2, -0.15) is 4.68 Å². The minimum Gasteiger partial charge on any atom is -0.387 e. The summed E-state index contributed by atoms with van der Waals surface area (Å²) in [7, 11) is 1.70. The molecule has 6 nitrogen and oxygen atoms in total. The largest absolute Gasteiger partial charge is 0.437 e. The fraction of sp³-hybridized carbons (Fsp3) is 0.235. The van der Waals surface area contributed by atoms with Crippen LogP contribution < -0.4 is 5.76 Å². The number of carbonyl (C=O) groups is 1. The number of rotatable bonds is 5. The van der Waals surface area contributed by atoms with Gasteiger partial charge < -0.3 is 9.32 Å². The van der Waals surface area contributed by atoms with Crippen molar-refractivity contribution in [2.75, 3.05) is 7.05 Å². The molecule has 2 heterocycles. The number of amides is 1. The SMILES string of the molecule is Cc1ccc(CN(C)C(=O)Cn2nc(-c3cccs3)oc2=O)cc1. The Hall–Kier alpha value is -2.67. The van der Waals surface area contributed by atoms with Gasteiger partial charge in [-0.05, 0) is 23.9 Å². The third kappa shape index (κ3) is 3.62. The van der Waals surface area contributed by atoms with E-state index >= 15 is 0 Å². The molecule has 1 aromatic carbocycles. The first kappa shape index (κ1) is 16.2. The Kier molecular flexibility index (Phi) is 4.61. The number of benzene rings is 1. The van der Waals surface area contributed by atoms with Crippen LogP contribution in [0.4, 0.5) is 0 Å². The van der Waals surface area contributed by atoms with Crippen molar-refractivity contribution in [2.24, 2.45) is 0 Å². The van der Waals surface area contributed by atoms with Gasteiger partial charge in [0.05, 0.1) is 4.88 Å². The fourth-order valence-electron chi connectivity index (χ4n) is 2.21. The summed E-state index contributed by atoms with van der Waals surface area (Å²) in [5, 5.41) is 5.96. The van der Waals surface area contributed by atoms with E-state index in [1.54, 1.807) is 11.9 Å². The molecule has 7 heteroatoms. The van der Waals surface area contributed by atoms with E-state index in [0.717, 1.165) is 15.1 Å². The summed E-state index contributed by atoms with van der Waals surface area (Å²) in [5.41, 5.74) is 2.20. The Labute approximate surface area is 143 Å². The van der Waals surface area contributed by atoms with Crippen molar-refractivity contribution in [2.45, 2.75) is 20.0 Å². The standard InChI is InChI=1S/C17H17N3O3S/c1-12-5-7-13(8-6-12)10-19(2)15(21)11-20-17(22)23-16(18-20)14-4-3-9-24-14/h3-9H,10-11H2,1-2H3. The molecule has 24 heavy (non-hydrogen) atoms. The highest BCUT2D eigenvalue weighted by Crippen LogP contribution is 2.21. The quantitative estimate of drug-likeness (QED) is 0.714. The van der Waals surface area contributed by atoms with Crippen LogP contribution in [0, 0.1) is 6.92 Å². The first-order chi connectivity index (χ1) is 11.5. The zero-order chi connectivity index (χ0) is 17.1. The molecule has 3 aromatic rings. The third-order valence-electron chi connectivity index (χ3n) is 3.59. The van der Waals surface area contributed by atoms with Crippen LogP contribution in [0.25, 0.3) is 10.8 Å². The highest BCUT2D eigenvalue weighted by molar-refractivity contribution is 7.13. The smallest absolute Gasteiger partial charge is 0.387 e. The van der Waals surface area contributed by atoms with E-state index in [9.17, 15) is 9.59 Å². The summed E-state index contributed by atoms with van der Waals surface area (Å²) < 4.78 is 6.17. The van der Waals surface area contributed by atoms with Crippen LogP contribution in [-0.4, -0.2) is 27.6 Å². The van der Waals surface area contributed by atoms with Crippen LogP contribution in [0.1, 0.15) is 11.1 Å². The van der Waals surface area contributed by atoms with E-state index in [4.69, 9.17) is 4.42 Å². The highest BCUT2D eigenvalue weighted by atomic mass is 32.1. The molecule has 3 rings (SSSR count). The molecule has 0 radical (unpaired) electrons. The number of hydrogen-bond acceptors (Lipinski definition) is 5. The van der Waals surface area contributed by atoms with Gasteiger partial charge in [-0.15, -0.1) is 16.4 Å². The minimum atomic E-state index is -0.629. The topological polar surface area (TPSA) is 68.3 Å². The van der Waals surface area contributed by atoms with Crippen LogP contribution in [0.2, 0.25) is 0 Å². The zero-order valence-corrected chi connectivity index (χ0v) is 14.2. The van der Waals surface area contributed by atoms with Crippen molar-refractivity contribution < 1.29 is 9.21 Å². The molecule has 124 valence electrons. The second-order valence-electron chi connectivity index (χ2n) is 5.54. The summed E-state index contributed by atoms with van der Waals surface area (Å²) in [5.74, 6) is -0.594. The van der Waals surface area contributed by atoms with Crippen LogP contribution in [0.15, 0.2) is 51.0 Å². The molecule has 0 bridgehead atoms. The number of thiophene rings is 1. The molecule has 0 unspecified atom stereocenters. The maximum absolute atomic E-state index is 12.3. The van der Waals surface area contributed by atoms with Crippen molar-refractivity contribution >= 4 is 17.2 Å². The van der Waals surface area contributed by atoms with E-state index < -0.39 is 5.76 Å². The molecule has 0 aliphatic rings. The van der Waals surface area contributed by atoms with E-state index in [1.165, 1.54) is 16.9 Å². The van der Waals surface area contributed by atoms with E-state index in [0.29, 0.717) is 6.54 Å². The highest BCUT2D eigenvalue weighted by Gasteiger charge is 2.16. The van der Waals surface area contributed by atoms with E-state index in [-0.39, 0.29) is 18.3 Å². The van der Waals surface area contributed by atoms with E-state index in [1.807, 2.05) is 48.7 Å². The molecule has 0 aliphatic carbocycles. The molecule has 0 N–H and O–H groups in total. The van der Waals surface area contributed by atoms with Crippen molar-refractivity contribution in [1.29, 1.82) is 0 Å². The average Bonchev–Trinajstić information content (AvgIpc) is 3.20. The van der Waals surface area contributed by atoms with E-state index in [2.05, 4.69) is 5.10 Å². The van der Waals surface area contributed by atoms with Crippen molar-refractivity contribution in [3.63, 3.8) is 0 Å². The summed E-state index contributed by atoms with van der Waals surface area (Å²) in [6.07, 6.45) is 0. The number of aromatic nitrogens is 2. The molecule has 0 fully saturated rings. The number of likely N-dealkylation sites (N-methyl/N-ethyl adjacent to an activating group) is 1. The lowest BCUT2D eigenvalue weighted by Gasteiger charge is -2.16. The molecule has 0 spiro atoms. The van der Waals surface area contributed by atoms with Crippen LogP contribution in [0.3, 0.4) is 0 Å². The lowest BCUT2D eigenvalue weighted by atomic mass is 10.1. The Morgan fingerprint density at radius 3 is 2.71 bits per heavy atom. The zero-order valence-electron chi connectivity index (χ0n) is 13.4. The van der Waals surface area contributed by atoms with Gasteiger partial charge in [-0.3, -0.25) is 4.79 Å². The molecular weight excluding hydrogens is 326 g/mol. The van der Waals surface area contributed by atoms with Crippen molar-refractivity contribution in [1.82, 2.24) is 14.7 Å². The second kappa shape index (κ2) is 6.84. The summed E-state index contributed by atoms with van der Waals surface area (Å²) >= 11 is 1.42. The Balaban J connectivity index is 1.68. The monoisotopic (exact) mass is 343 g/mol. The predicted molar refractivity (Wildman–Crippen MR) is 91.7 cm³/mol. The van der Waals surface area contributed by atoms with Crippen LogP contribution in [0.5, 0.6) is 0 Å². The van der Waals surface area contributed by atoms with Gasteiger partial charge >= 0.3 is 5.76 Å². The normalized spacial score (nSPS) is 10.8. The molecule has 1 amide bonds. The molecule has 0 saturated carbocycles. The van der Waals surface area contributed by atoms with Crippen molar-refractivity contribution in [3.8, 4) is 10.8 Å². The van der Waals surface area contributed by atoms with Gasteiger partial charge in [0.2, 0.25) is 5.91 Å². The van der Waals surface area contributed by atoms with Crippen LogP contribution >= 0.6 is 11.3 Å². The van der Waals surface area contributed by atoms with Gasteiger partial charge in [-0.25, -0.2) is 4.79 Å². The molecule has 2 aromatic heterocycles. The van der Waals surface area contributed by atoms with Crippen LogP contribution in [-0.2, 0) is 17.9 Å². The van der Waals surface area contributed by atoms with Gasteiger partial charge in [0.15, 0.2) is 0 Å². The number of carbonyl (C=O) groups excluding carboxylic acids is 1. The molecular formula is C17H17N3O3S. The Morgan fingerprint density at radius 2 is 2.04 bits per heavy atom. The number of hydrogen-bond donors (Lipinski definition) is 0. The summed E-state index contributed by atoms with van der Waals surface area (Å²) in [4.78, 5) is 26.5. The molecule has 0 saturated heterocycles. The second-order valence-corrected chi connectivity index (χ2v) is 6.49. The lowest BCUT2D eigenvalue weighted by molar-refractivity contribution is -0.131. The molecule has 0 aliphatic heterocycles. The van der Waals surface area contributed by atoms with Gasteiger partial charge in [0.25, 0.3) is 5.89 Å². The predicted octanol–water partition coefficient (Wildman–Crippen LogP) is 2.53. The van der Waals surface area contributed by atoms with Gasteiger partial charge in [-0.1, -0.05) is 35.9 Å². The average molecular weight is 343 g/mol. The third-order valence-corrected chi connectivity index (χ3v) is 4.45. The first-order valence-electron chi connectivity index (χ1n) is 7.44. The molecule has 0 atom stereocenters. The summed E-state index contributed by atoms with van der Waals surface area (Å²) in [6.45, 7) is 2.35. The Bertz CT molecular complexity index is 879. The first-order valence-corrected chi connectivity index (χ1v) is 8.32.